The fourth-order valence-electron chi connectivity index (χ4n) is 5.94. The normalized spacial score (nSPS) is 21.4. The minimum Gasteiger partial charge on any atom is -0.351 e. The second-order valence-electron chi connectivity index (χ2n) is 12.1. The van der Waals surface area contributed by atoms with Gasteiger partial charge in [0, 0.05) is 34.9 Å². The maximum atomic E-state index is 13.9. The predicted octanol–water partition coefficient (Wildman–Crippen LogP) is 5.29. The zero-order chi connectivity index (χ0) is 29.9. The first-order chi connectivity index (χ1) is 19.1. The third kappa shape index (κ3) is 5.54. The molecule has 4 unspecified atom stereocenters. The number of aromatic nitrogens is 1. The number of carbonyl (C=O) groups excluding carboxylic acids is 3. The van der Waals surface area contributed by atoms with Gasteiger partial charge in [0.25, 0.3) is 5.91 Å². The number of rotatable bonds is 5. The van der Waals surface area contributed by atoms with Gasteiger partial charge < -0.3 is 20.1 Å². The molecule has 7 nitrogen and oxygen atoms in total. The Hall–Kier alpha value is -3.53. The zero-order valence-electron chi connectivity index (χ0n) is 23.2. The maximum Gasteiger partial charge on any atom is 0.416 e. The van der Waals surface area contributed by atoms with E-state index >= 15 is 0 Å². The number of H-pyrrole nitrogens is 1. The number of fused-ring (bicyclic) bond motifs is 3. The van der Waals surface area contributed by atoms with Crippen LogP contribution in [-0.2, 0) is 22.2 Å². The number of nitrogens with one attached hydrogen (secondary N) is 2. The standard InChI is InChI=1S/C30H32ClF3N4O3/c1-16-23-15-38(24(16)14-37(23)25(39)13-18-11-19(30(32,33)34)9-10-20(18)31)28(41)26(29(2,3)4)36-27(40)22-12-17-7-5-6-8-21(17)35-22/h5-12,16,23-24,26,35H,13-15H2,1-4H3,(H,36,40). The van der Waals surface area contributed by atoms with Crippen LogP contribution in [0.1, 0.15) is 49.3 Å². The van der Waals surface area contributed by atoms with Crippen LogP contribution in [0.5, 0.6) is 0 Å². The number of para-hydroxylation sites is 1. The van der Waals surface area contributed by atoms with Crippen molar-refractivity contribution in [3.8, 4) is 0 Å². The monoisotopic (exact) mass is 588 g/mol. The molecule has 11 heteroatoms. The lowest BCUT2D eigenvalue weighted by molar-refractivity contribution is -0.142. The molecule has 0 saturated carbocycles. The lowest BCUT2D eigenvalue weighted by atomic mass is 9.85. The highest BCUT2D eigenvalue weighted by atomic mass is 35.5. The van der Waals surface area contributed by atoms with Crippen LogP contribution in [0.15, 0.2) is 48.5 Å². The molecule has 0 aliphatic carbocycles. The van der Waals surface area contributed by atoms with Crippen molar-refractivity contribution in [2.24, 2.45) is 11.3 Å². The fourth-order valence-corrected chi connectivity index (χ4v) is 6.12. The largest absolute Gasteiger partial charge is 0.416 e. The summed E-state index contributed by atoms with van der Waals surface area (Å²) >= 11 is 6.13. The van der Waals surface area contributed by atoms with E-state index in [4.69, 9.17) is 11.6 Å². The third-order valence-corrected chi connectivity index (χ3v) is 8.63. The first-order valence-electron chi connectivity index (χ1n) is 13.5. The van der Waals surface area contributed by atoms with Crippen LogP contribution in [0.2, 0.25) is 5.02 Å². The van der Waals surface area contributed by atoms with Crippen LogP contribution in [0.3, 0.4) is 0 Å². The molecule has 4 atom stereocenters. The van der Waals surface area contributed by atoms with Crippen molar-refractivity contribution in [2.75, 3.05) is 13.1 Å². The van der Waals surface area contributed by atoms with Gasteiger partial charge >= 0.3 is 6.18 Å². The molecular weight excluding hydrogens is 557 g/mol. The van der Waals surface area contributed by atoms with Gasteiger partial charge in [-0.25, -0.2) is 0 Å². The van der Waals surface area contributed by atoms with Crippen LogP contribution in [-0.4, -0.2) is 63.7 Å². The number of halogens is 4. The van der Waals surface area contributed by atoms with Gasteiger partial charge in [0.15, 0.2) is 0 Å². The van der Waals surface area contributed by atoms with Crippen molar-refractivity contribution in [1.29, 1.82) is 0 Å². The molecule has 3 heterocycles. The van der Waals surface area contributed by atoms with Gasteiger partial charge in [0.05, 0.1) is 24.1 Å². The van der Waals surface area contributed by atoms with E-state index in [1.165, 1.54) is 0 Å². The van der Waals surface area contributed by atoms with E-state index in [2.05, 4.69) is 10.3 Å². The highest BCUT2D eigenvalue weighted by Gasteiger charge is 2.54. The van der Waals surface area contributed by atoms with E-state index < -0.39 is 23.2 Å². The minimum absolute atomic E-state index is 0.0371. The lowest BCUT2D eigenvalue weighted by Crippen LogP contribution is -2.59. The van der Waals surface area contributed by atoms with Gasteiger partial charge in [0.2, 0.25) is 11.8 Å². The number of likely N-dealkylation sites (tertiary alicyclic amines) is 2. The quantitative estimate of drug-likeness (QED) is 0.425. The molecule has 2 bridgehead atoms. The molecule has 1 aromatic heterocycles. The van der Waals surface area contributed by atoms with Crippen LogP contribution in [0.25, 0.3) is 10.9 Å². The number of hydrogen-bond donors (Lipinski definition) is 2. The minimum atomic E-state index is -4.54. The summed E-state index contributed by atoms with van der Waals surface area (Å²) in [6.07, 6.45) is -4.81. The van der Waals surface area contributed by atoms with Gasteiger partial charge in [-0.1, -0.05) is 57.5 Å². The van der Waals surface area contributed by atoms with Crippen molar-refractivity contribution in [3.63, 3.8) is 0 Å². The van der Waals surface area contributed by atoms with E-state index in [1.54, 1.807) is 15.9 Å². The molecule has 0 spiro atoms. The Bertz CT molecular complexity index is 1480. The molecule has 0 radical (unpaired) electrons. The molecular formula is C30H32ClF3N4O3. The summed E-state index contributed by atoms with van der Waals surface area (Å²) in [5, 5.41) is 3.91. The summed E-state index contributed by atoms with van der Waals surface area (Å²) in [5.74, 6) is -0.988. The summed E-state index contributed by atoms with van der Waals surface area (Å²) < 4.78 is 39.6. The summed E-state index contributed by atoms with van der Waals surface area (Å²) in [6.45, 7) is 8.15. The lowest BCUT2D eigenvalue weighted by Gasteiger charge is -2.39. The number of hydrogen-bond acceptors (Lipinski definition) is 3. The average Bonchev–Trinajstić information content (AvgIpc) is 3.57. The highest BCUT2D eigenvalue weighted by molar-refractivity contribution is 6.31. The Kier molecular flexibility index (Phi) is 7.34. The van der Waals surface area contributed by atoms with E-state index in [9.17, 15) is 27.6 Å². The Morgan fingerprint density at radius 2 is 1.68 bits per heavy atom. The van der Waals surface area contributed by atoms with Crippen LogP contribution >= 0.6 is 11.6 Å². The molecule has 2 fully saturated rings. The first kappa shape index (κ1) is 29.0. The number of amides is 3. The number of aromatic amines is 1. The average molecular weight is 589 g/mol. The second kappa shape index (κ2) is 10.4. The van der Waals surface area contributed by atoms with E-state index in [1.807, 2.05) is 52.0 Å². The van der Waals surface area contributed by atoms with Crippen molar-refractivity contribution in [2.45, 2.75) is 58.4 Å². The topological polar surface area (TPSA) is 85.5 Å². The smallest absolute Gasteiger partial charge is 0.351 e. The molecule has 3 aromatic rings. The second-order valence-corrected chi connectivity index (χ2v) is 12.5. The van der Waals surface area contributed by atoms with Gasteiger partial charge in [-0.3, -0.25) is 14.4 Å². The number of benzene rings is 2. The van der Waals surface area contributed by atoms with Gasteiger partial charge in [0.1, 0.15) is 11.7 Å². The van der Waals surface area contributed by atoms with Gasteiger partial charge in [-0.2, -0.15) is 13.2 Å². The fraction of sp³-hybridized carbons (Fsp3) is 0.433. The van der Waals surface area contributed by atoms with E-state index in [0.717, 1.165) is 29.1 Å². The van der Waals surface area contributed by atoms with Crippen LogP contribution in [0, 0.1) is 11.3 Å². The zero-order valence-corrected chi connectivity index (χ0v) is 23.9. The molecule has 5 rings (SSSR count). The molecule has 41 heavy (non-hydrogen) atoms. The molecule has 218 valence electrons. The van der Waals surface area contributed by atoms with Gasteiger partial charge in [-0.15, -0.1) is 0 Å². The summed E-state index contributed by atoms with van der Waals surface area (Å²) in [4.78, 5) is 46.8. The van der Waals surface area contributed by atoms with Crippen LogP contribution in [0.4, 0.5) is 13.2 Å². The van der Waals surface area contributed by atoms with E-state index in [0.29, 0.717) is 5.69 Å². The van der Waals surface area contributed by atoms with Crippen LogP contribution < -0.4 is 5.32 Å². The number of piperazine rings is 1. The highest BCUT2D eigenvalue weighted by Crippen LogP contribution is 2.39. The van der Waals surface area contributed by atoms with Gasteiger partial charge in [-0.05, 0) is 41.3 Å². The Morgan fingerprint density at radius 3 is 2.29 bits per heavy atom. The summed E-state index contributed by atoms with van der Waals surface area (Å²) in [5.41, 5.74) is -0.171. The SMILES string of the molecule is CC1C2CN(C(=O)C(NC(=O)c3cc4ccccc4[nH]3)C(C)(C)C)C1CN2C(=O)Cc1cc(C(F)(F)F)ccc1Cl. The maximum absolute atomic E-state index is 13.9. The Balaban J connectivity index is 1.29. The number of carbonyl (C=O) groups is 3. The molecule has 2 aromatic carbocycles. The van der Waals surface area contributed by atoms with Crippen molar-refractivity contribution in [3.05, 3.63) is 70.4 Å². The third-order valence-electron chi connectivity index (χ3n) is 8.26. The number of alkyl halides is 3. The Morgan fingerprint density at radius 1 is 1.02 bits per heavy atom. The Labute approximate surface area is 241 Å². The summed E-state index contributed by atoms with van der Waals surface area (Å²) in [7, 11) is 0. The predicted molar refractivity (Wildman–Crippen MR) is 149 cm³/mol. The molecule has 2 N–H and O–H groups in total. The van der Waals surface area contributed by atoms with Crippen molar-refractivity contribution in [1.82, 2.24) is 20.1 Å². The molecule has 3 amide bonds. The van der Waals surface area contributed by atoms with Crippen molar-refractivity contribution < 1.29 is 27.6 Å². The molecule has 2 aliphatic rings. The molecule has 2 saturated heterocycles. The van der Waals surface area contributed by atoms with E-state index in [-0.39, 0.29) is 65.8 Å². The first-order valence-corrected chi connectivity index (χ1v) is 13.9. The molecule has 2 aliphatic heterocycles. The summed E-state index contributed by atoms with van der Waals surface area (Å²) in [6, 6.07) is 10.8. The number of nitrogens with zero attached hydrogens (tertiary/aromatic N) is 2. The van der Waals surface area contributed by atoms with Crippen molar-refractivity contribution >= 4 is 40.2 Å².